The average Bonchev–Trinajstić information content (AvgIpc) is 3.46. The quantitative estimate of drug-likeness (QED) is 0.343. The van der Waals surface area contributed by atoms with Crippen LogP contribution in [0.1, 0.15) is 29.9 Å². The molecule has 0 bridgehead atoms. The smallest absolute Gasteiger partial charge is 0.123 e. The van der Waals surface area contributed by atoms with Crippen LogP contribution in [0.15, 0.2) is 85.2 Å². The lowest BCUT2D eigenvalue weighted by atomic mass is 9.90. The van der Waals surface area contributed by atoms with E-state index in [1.54, 1.807) is 24.5 Å². The van der Waals surface area contributed by atoms with Gasteiger partial charge < -0.3 is 4.98 Å². The highest BCUT2D eigenvalue weighted by Crippen LogP contribution is 2.45. The van der Waals surface area contributed by atoms with Gasteiger partial charge >= 0.3 is 0 Å². The van der Waals surface area contributed by atoms with Gasteiger partial charge in [-0.3, -0.25) is 9.88 Å². The van der Waals surface area contributed by atoms with Gasteiger partial charge in [0.05, 0.1) is 5.69 Å². The Labute approximate surface area is 203 Å². The predicted molar refractivity (Wildman–Crippen MR) is 136 cm³/mol. The first-order valence-corrected chi connectivity index (χ1v) is 12.1. The number of benzene rings is 2. The highest BCUT2D eigenvalue weighted by atomic mass is 35.5. The molecule has 3 nitrogen and oxygen atoms in total. The Morgan fingerprint density at radius 2 is 1.68 bits per heavy atom. The van der Waals surface area contributed by atoms with Crippen LogP contribution in [0.3, 0.4) is 0 Å². The van der Waals surface area contributed by atoms with Gasteiger partial charge in [0.15, 0.2) is 0 Å². The van der Waals surface area contributed by atoms with E-state index in [1.165, 1.54) is 23.3 Å². The van der Waals surface area contributed by atoms with Crippen LogP contribution in [0.2, 0.25) is 5.15 Å². The molecule has 2 unspecified atom stereocenters. The van der Waals surface area contributed by atoms with E-state index in [-0.39, 0.29) is 5.82 Å². The van der Waals surface area contributed by atoms with Crippen LogP contribution in [-0.4, -0.2) is 34.0 Å². The second kappa shape index (κ2) is 8.86. The van der Waals surface area contributed by atoms with E-state index in [0.717, 1.165) is 53.9 Å². The van der Waals surface area contributed by atoms with Crippen molar-refractivity contribution in [2.45, 2.75) is 24.8 Å². The molecule has 34 heavy (non-hydrogen) atoms. The van der Waals surface area contributed by atoms with E-state index in [9.17, 15) is 4.39 Å². The lowest BCUT2D eigenvalue weighted by Gasteiger charge is -2.28. The molecule has 2 aromatic heterocycles. The first kappa shape index (κ1) is 21.3. The summed E-state index contributed by atoms with van der Waals surface area (Å²) in [6, 6.07) is 21.8. The number of nitrogens with one attached hydrogen (secondary N) is 1. The van der Waals surface area contributed by atoms with Crippen LogP contribution in [-0.2, 0) is 0 Å². The topological polar surface area (TPSA) is 31.9 Å². The SMILES string of the molecule is Fc1ccc(-c2[nH]c(Cl)c(C3=CC4CC(c5ccccc5)CN4CC3)c2-c2ccncc2)cc1. The molecular formula is C29H25ClFN3. The van der Waals surface area contributed by atoms with Crippen LogP contribution >= 0.6 is 11.6 Å². The summed E-state index contributed by atoms with van der Waals surface area (Å²) in [5.41, 5.74) is 7.65. The standard InChI is InChI=1S/C29H25ClFN3/c30-29-27(22-12-15-34-18-23(17-25(34)16-22)19-4-2-1-3-5-19)26(20-10-13-32-14-11-20)28(33-29)21-6-8-24(31)9-7-21/h1-11,13-14,16,23,25,33H,12,15,17-18H2. The summed E-state index contributed by atoms with van der Waals surface area (Å²) in [5, 5.41) is 0.628. The van der Waals surface area contributed by atoms with E-state index < -0.39 is 0 Å². The van der Waals surface area contributed by atoms with Gasteiger partial charge in [-0.1, -0.05) is 48.0 Å². The van der Waals surface area contributed by atoms with E-state index in [2.05, 4.69) is 51.3 Å². The molecule has 1 fully saturated rings. The van der Waals surface area contributed by atoms with E-state index in [1.807, 2.05) is 12.1 Å². The summed E-state index contributed by atoms with van der Waals surface area (Å²) in [5.74, 6) is 0.300. The van der Waals surface area contributed by atoms with Gasteiger partial charge in [-0.05, 0) is 77.4 Å². The van der Waals surface area contributed by atoms with Crippen molar-refractivity contribution in [2.24, 2.45) is 0 Å². The minimum absolute atomic E-state index is 0.253. The van der Waals surface area contributed by atoms with Crippen molar-refractivity contribution < 1.29 is 4.39 Å². The summed E-state index contributed by atoms with van der Waals surface area (Å²) < 4.78 is 13.6. The van der Waals surface area contributed by atoms with Crippen molar-refractivity contribution in [2.75, 3.05) is 13.1 Å². The van der Waals surface area contributed by atoms with E-state index in [0.29, 0.717) is 17.1 Å². The molecule has 2 aliphatic rings. The second-order valence-electron chi connectivity index (χ2n) is 9.15. The van der Waals surface area contributed by atoms with E-state index >= 15 is 0 Å². The first-order valence-electron chi connectivity index (χ1n) is 11.8. The van der Waals surface area contributed by atoms with Crippen LogP contribution < -0.4 is 0 Å². The van der Waals surface area contributed by atoms with Gasteiger partial charge in [0, 0.05) is 42.7 Å². The predicted octanol–water partition coefficient (Wildman–Crippen LogP) is 7.18. The molecule has 6 rings (SSSR count). The number of rotatable bonds is 4. The maximum absolute atomic E-state index is 13.6. The Balaban J connectivity index is 1.42. The van der Waals surface area contributed by atoms with Gasteiger partial charge in [0.25, 0.3) is 0 Å². The fraction of sp³-hybridized carbons (Fsp3) is 0.207. The number of nitrogens with zero attached hydrogens (tertiary/aromatic N) is 2. The maximum atomic E-state index is 13.6. The molecule has 0 radical (unpaired) electrons. The Morgan fingerprint density at radius 3 is 2.44 bits per heavy atom. The van der Waals surface area contributed by atoms with Crippen molar-refractivity contribution in [1.29, 1.82) is 0 Å². The molecule has 0 aliphatic carbocycles. The summed E-state index contributed by atoms with van der Waals surface area (Å²) >= 11 is 6.88. The summed E-state index contributed by atoms with van der Waals surface area (Å²) in [6.07, 6.45) is 8.07. The van der Waals surface area contributed by atoms with Gasteiger partial charge in [-0.2, -0.15) is 0 Å². The van der Waals surface area contributed by atoms with Gasteiger partial charge in [0.2, 0.25) is 0 Å². The summed E-state index contributed by atoms with van der Waals surface area (Å²) in [7, 11) is 0. The third kappa shape index (κ3) is 3.87. The van der Waals surface area contributed by atoms with Crippen molar-refractivity contribution in [3.8, 4) is 22.4 Å². The lowest BCUT2D eigenvalue weighted by Crippen LogP contribution is -2.32. The molecule has 2 aromatic carbocycles. The fourth-order valence-electron chi connectivity index (χ4n) is 5.53. The number of halogens is 2. The molecule has 2 aliphatic heterocycles. The zero-order valence-electron chi connectivity index (χ0n) is 18.7. The monoisotopic (exact) mass is 469 g/mol. The zero-order chi connectivity index (χ0) is 23.1. The van der Waals surface area contributed by atoms with Gasteiger partial charge in [-0.25, -0.2) is 4.39 Å². The van der Waals surface area contributed by atoms with Crippen LogP contribution in [0.5, 0.6) is 0 Å². The largest absolute Gasteiger partial charge is 0.345 e. The molecule has 2 atom stereocenters. The number of pyridine rings is 1. The van der Waals surface area contributed by atoms with Crippen molar-refractivity contribution >= 4 is 17.2 Å². The van der Waals surface area contributed by atoms with Crippen LogP contribution in [0, 0.1) is 5.82 Å². The summed E-state index contributed by atoms with van der Waals surface area (Å²) in [4.78, 5) is 10.2. The number of aromatic amines is 1. The van der Waals surface area contributed by atoms with Crippen molar-refractivity contribution in [1.82, 2.24) is 14.9 Å². The number of hydrogen-bond donors (Lipinski definition) is 1. The highest BCUT2D eigenvalue weighted by Gasteiger charge is 2.35. The number of fused-ring (bicyclic) bond motifs is 1. The molecule has 1 N–H and O–H groups in total. The normalized spacial score (nSPS) is 20.2. The molecular weight excluding hydrogens is 445 g/mol. The molecule has 170 valence electrons. The maximum Gasteiger partial charge on any atom is 0.123 e. The highest BCUT2D eigenvalue weighted by molar-refractivity contribution is 6.32. The van der Waals surface area contributed by atoms with Gasteiger partial charge in [0.1, 0.15) is 11.0 Å². The molecule has 0 amide bonds. The third-order valence-corrected chi connectivity index (χ3v) is 7.44. The molecule has 5 heteroatoms. The van der Waals surface area contributed by atoms with E-state index in [4.69, 9.17) is 11.6 Å². The minimum atomic E-state index is -0.253. The van der Waals surface area contributed by atoms with Crippen LogP contribution in [0.25, 0.3) is 28.0 Å². The second-order valence-corrected chi connectivity index (χ2v) is 9.53. The number of aromatic nitrogens is 2. The Bertz CT molecular complexity index is 1330. The fourth-order valence-corrected chi connectivity index (χ4v) is 5.84. The molecule has 0 spiro atoms. The first-order chi connectivity index (χ1) is 16.7. The molecule has 4 aromatic rings. The Morgan fingerprint density at radius 1 is 0.912 bits per heavy atom. The molecule has 4 heterocycles. The third-order valence-electron chi connectivity index (χ3n) is 7.16. The number of H-pyrrole nitrogens is 1. The van der Waals surface area contributed by atoms with Crippen LogP contribution in [0.4, 0.5) is 4.39 Å². The molecule has 0 saturated carbocycles. The summed E-state index contributed by atoms with van der Waals surface area (Å²) in [6.45, 7) is 2.11. The average molecular weight is 470 g/mol. The van der Waals surface area contributed by atoms with Crippen molar-refractivity contribution in [3.05, 3.63) is 107 Å². The molecule has 1 saturated heterocycles. The minimum Gasteiger partial charge on any atom is -0.345 e. The lowest BCUT2D eigenvalue weighted by molar-refractivity contribution is 0.286. The van der Waals surface area contributed by atoms with Gasteiger partial charge in [-0.15, -0.1) is 0 Å². The Hall–Kier alpha value is -3.21. The Kier molecular flexibility index (Phi) is 5.56. The zero-order valence-corrected chi connectivity index (χ0v) is 19.5. The van der Waals surface area contributed by atoms with Crippen molar-refractivity contribution in [3.63, 3.8) is 0 Å². The number of hydrogen-bond acceptors (Lipinski definition) is 2.